The molecule has 1 atom stereocenters. The Morgan fingerprint density at radius 1 is 1.24 bits per heavy atom. The monoisotopic (exact) mass is 238 g/mol. The van der Waals surface area contributed by atoms with Gasteiger partial charge in [0.25, 0.3) is 0 Å². The fourth-order valence-corrected chi connectivity index (χ4v) is 0.731. The van der Waals surface area contributed by atoms with Crippen LogP contribution in [0.4, 0.5) is 0 Å². The van der Waals surface area contributed by atoms with Crippen molar-refractivity contribution < 1.29 is 4.79 Å². The van der Waals surface area contributed by atoms with Crippen molar-refractivity contribution in [2.45, 2.75) is 67.7 Å². The van der Waals surface area contributed by atoms with Gasteiger partial charge in [0.05, 0.1) is 0 Å². The topological polar surface area (TPSA) is 17.1 Å². The zero-order chi connectivity index (χ0) is 14.3. The number of terminal acetylenes is 1. The lowest BCUT2D eigenvalue weighted by atomic mass is 10.0. The lowest BCUT2D eigenvalue weighted by molar-refractivity contribution is -0.116. The third-order valence-electron chi connectivity index (χ3n) is 2.04. The van der Waals surface area contributed by atoms with Gasteiger partial charge in [-0.05, 0) is 33.6 Å². The lowest BCUT2D eigenvalue weighted by Gasteiger charge is -2.02. The van der Waals surface area contributed by atoms with Gasteiger partial charge in [0, 0.05) is 12.3 Å². The van der Waals surface area contributed by atoms with Crippen molar-refractivity contribution in [2.24, 2.45) is 5.92 Å². The largest absolute Gasteiger partial charge is 0.300 e. The molecule has 0 aromatic heterocycles. The minimum Gasteiger partial charge on any atom is -0.300 e. The van der Waals surface area contributed by atoms with Crippen LogP contribution in [-0.2, 0) is 4.79 Å². The third kappa shape index (κ3) is 25.3. The molecule has 0 aliphatic carbocycles. The maximum absolute atomic E-state index is 9.81. The zero-order valence-electron chi connectivity index (χ0n) is 12.8. The van der Waals surface area contributed by atoms with Crippen LogP contribution in [0.5, 0.6) is 0 Å². The first kappa shape index (κ1) is 21.3. The molecule has 0 radical (unpaired) electrons. The average Bonchev–Trinajstić information content (AvgIpc) is 2.33. The highest BCUT2D eigenvalue weighted by Crippen LogP contribution is 2.08. The minimum atomic E-state index is 0.255. The molecule has 0 aliphatic rings. The first-order valence-corrected chi connectivity index (χ1v) is 6.56. The second kappa shape index (κ2) is 17.4. The van der Waals surface area contributed by atoms with E-state index in [9.17, 15) is 4.79 Å². The van der Waals surface area contributed by atoms with Gasteiger partial charge in [0.2, 0.25) is 0 Å². The predicted octanol–water partition coefficient (Wildman–Crippen LogP) is 5.01. The van der Waals surface area contributed by atoms with Crippen LogP contribution in [0.3, 0.4) is 0 Å². The molecule has 100 valence electrons. The summed E-state index contributed by atoms with van der Waals surface area (Å²) in [7, 11) is 0. The molecule has 17 heavy (non-hydrogen) atoms. The molecule has 0 aromatic carbocycles. The summed E-state index contributed by atoms with van der Waals surface area (Å²) < 4.78 is 0. The van der Waals surface area contributed by atoms with E-state index in [0.29, 0.717) is 12.3 Å². The van der Waals surface area contributed by atoms with E-state index in [4.69, 9.17) is 6.42 Å². The molecule has 0 aromatic rings. The first-order valence-electron chi connectivity index (χ1n) is 6.56. The van der Waals surface area contributed by atoms with Gasteiger partial charge in [-0.25, -0.2) is 0 Å². The van der Waals surface area contributed by atoms with Crippen LogP contribution in [0.2, 0.25) is 0 Å². The standard InChI is InChI=1S/C10H16.C4H8O.C2H6/c1-5-10(6-2)8-7-9(3)4;1-3-4(2)5;1-2/h1,7,10H,6,8H2,2-4H3;3H2,1-2H3;1-2H3. The summed E-state index contributed by atoms with van der Waals surface area (Å²) >= 11 is 0. The molecule has 0 amide bonds. The van der Waals surface area contributed by atoms with E-state index in [-0.39, 0.29) is 5.78 Å². The number of carbonyl (C=O) groups excluding carboxylic acids is 1. The van der Waals surface area contributed by atoms with Gasteiger partial charge in [-0.2, -0.15) is 0 Å². The summed E-state index contributed by atoms with van der Waals surface area (Å²) in [5.41, 5.74) is 1.36. The van der Waals surface area contributed by atoms with E-state index in [1.807, 2.05) is 20.8 Å². The lowest BCUT2D eigenvalue weighted by Crippen LogP contribution is -1.91. The van der Waals surface area contributed by atoms with Crippen LogP contribution < -0.4 is 0 Å². The van der Waals surface area contributed by atoms with Gasteiger partial charge in [0.1, 0.15) is 5.78 Å². The number of ketones is 1. The van der Waals surface area contributed by atoms with E-state index in [1.165, 1.54) is 5.57 Å². The summed E-state index contributed by atoms with van der Waals surface area (Å²) in [5, 5.41) is 0. The van der Waals surface area contributed by atoms with Gasteiger partial charge in [-0.1, -0.05) is 39.3 Å². The average molecular weight is 238 g/mol. The molecule has 0 heterocycles. The third-order valence-corrected chi connectivity index (χ3v) is 2.04. The van der Waals surface area contributed by atoms with Crippen LogP contribution in [0.1, 0.15) is 67.7 Å². The van der Waals surface area contributed by atoms with Gasteiger partial charge in [-0.15, -0.1) is 12.3 Å². The molecule has 0 fully saturated rings. The molecule has 1 unspecified atom stereocenters. The van der Waals surface area contributed by atoms with Crippen LogP contribution in [0.15, 0.2) is 11.6 Å². The van der Waals surface area contributed by atoms with Crippen molar-refractivity contribution in [3.05, 3.63) is 11.6 Å². The Hall–Kier alpha value is -1.03. The molecular formula is C16H30O. The van der Waals surface area contributed by atoms with Crippen molar-refractivity contribution in [2.75, 3.05) is 0 Å². The quantitative estimate of drug-likeness (QED) is 0.497. The Balaban J connectivity index is -0.000000236. The van der Waals surface area contributed by atoms with E-state index >= 15 is 0 Å². The van der Waals surface area contributed by atoms with Gasteiger partial charge in [0.15, 0.2) is 0 Å². The number of Topliss-reactive ketones (excluding diaryl/α,β-unsaturated/α-hetero) is 1. The molecule has 0 rings (SSSR count). The minimum absolute atomic E-state index is 0.255. The van der Waals surface area contributed by atoms with Gasteiger partial charge >= 0.3 is 0 Å². The predicted molar refractivity (Wildman–Crippen MR) is 79.0 cm³/mol. The van der Waals surface area contributed by atoms with Crippen molar-refractivity contribution in [3.63, 3.8) is 0 Å². The highest BCUT2D eigenvalue weighted by Gasteiger charge is 1.96. The molecule has 0 N–H and O–H groups in total. The molecule has 1 heteroatoms. The first-order chi connectivity index (χ1) is 7.97. The van der Waals surface area contributed by atoms with Gasteiger partial charge in [-0.3, -0.25) is 0 Å². The molecule has 0 saturated carbocycles. The zero-order valence-corrected chi connectivity index (χ0v) is 12.8. The highest BCUT2D eigenvalue weighted by atomic mass is 16.1. The van der Waals surface area contributed by atoms with Crippen molar-refractivity contribution in [1.82, 2.24) is 0 Å². The summed E-state index contributed by atoms with van der Waals surface area (Å²) in [6, 6.07) is 0. The Morgan fingerprint density at radius 3 is 1.82 bits per heavy atom. The Labute approximate surface area is 109 Å². The fourth-order valence-electron chi connectivity index (χ4n) is 0.731. The van der Waals surface area contributed by atoms with Crippen LogP contribution in [0.25, 0.3) is 0 Å². The summed E-state index contributed by atoms with van der Waals surface area (Å²) in [6.45, 7) is 13.8. The second-order valence-corrected chi connectivity index (χ2v) is 3.84. The Kier molecular flexibility index (Phi) is 21.7. The number of carbonyl (C=O) groups is 1. The summed E-state index contributed by atoms with van der Waals surface area (Å²) in [6.07, 6.45) is 10.3. The molecule has 0 bridgehead atoms. The van der Waals surface area contributed by atoms with E-state index in [0.717, 1.165) is 12.8 Å². The number of rotatable bonds is 4. The second-order valence-electron chi connectivity index (χ2n) is 3.84. The number of hydrogen-bond acceptors (Lipinski definition) is 1. The maximum atomic E-state index is 9.81. The van der Waals surface area contributed by atoms with Crippen LogP contribution >= 0.6 is 0 Å². The Bertz CT molecular complexity index is 226. The summed E-state index contributed by atoms with van der Waals surface area (Å²) in [4.78, 5) is 9.81. The SMILES string of the molecule is C#CC(CC)CC=C(C)C.CC.CCC(C)=O. The van der Waals surface area contributed by atoms with E-state index in [2.05, 4.69) is 32.8 Å². The molecule has 1 nitrogen and oxygen atoms in total. The summed E-state index contributed by atoms with van der Waals surface area (Å²) in [5.74, 6) is 3.46. The highest BCUT2D eigenvalue weighted by molar-refractivity contribution is 5.74. The Morgan fingerprint density at radius 2 is 1.65 bits per heavy atom. The van der Waals surface area contributed by atoms with Crippen molar-refractivity contribution >= 4 is 5.78 Å². The number of allylic oxidation sites excluding steroid dienone is 2. The van der Waals surface area contributed by atoms with Crippen molar-refractivity contribution in [1.29, 1.82) is 0 Å². The normalized spacial score (nSPS) is 9.53. The molecule has 0 spiro atoms. The van der Waals surface area contributed by atoms with Crippen molar-refractivity contribution in [3.8, 4) is 12.3 Å². The fraction of sp³-hybridized carbons (Fsp3) is 0.688. The van der Waals surface area contributed by atoms with E-state index < -0.39 is 0 Å². The smallest absolute Gasteiger partial charge is 0.129 e. The number of hydrogen-bond donors (Lipinski definition) is 0. The molecule has 0 saturated heterocycles. The molecular weight excluding hydrogens is 208 g/mol. The van der Waals surface area contributed by atoms with Gasteiger partial charge < -0.3 is 4.79 Å². The van der Waals surface area contributed by atoms with Crippen LogP contribution in [-0.4, -0.2) is 5.78 Å². The van der Waals surface area contributed by atoms with Crippen LogP contribution in [0, 0.1) is 18.3 Å². The maximum Gasteiger partial charge on any atom is 0.129 e. The molecule has 0 aliphatic heterocycles. The van der Waals surface area contributed by atoms with E-state index in [1.54, 1.807) is 6.92 Å².